The minimum absolute atomic E-state index is 0.0660. The highest BCUT2D eigenvalue weighted by atomic mass is 16.1. The highest BCUT2D eigenvalue weighted by Crippen LogP contribution is 2.17. The highest BCUT2D eigenvalue weighted by molar-refractivity contribution is 6.00. The van der Waals surface area contributed by atoms with Crippen molar-refractivity contribution in [2.24, 2.45) is 0 Å². The van der Waals surface area contributed by atoms with E-state index in [4.69, 9.17) is 0 Å². The maximum absolute atomic E-state index is 11.5. The fourth-order valence-corrected chi connectivity index (χ4v) is 1.32. The Hall–Kier alpha value is -1.57. The first-order chi connectivity index (χ1) is 7.00. The fraction of sp³-hybridized carbons (Fsp3) is 0.308. The zero-order chi connectivity index (χ0) is 11.4. The number of hydrogen-bond donors (Lipinski definition) is 1. The number of benzene rings is 1. The third-order valence-corrected chi connectivity index (χ3v) is 2.28. The average molecular weight is 203 g/mol. The minimum Gasteiger partial charge on any atom is -0.322 e. The summed E-state index contributed by atoms with van der Waals surface area (Å²) in [5.74, 6) is -0.0660. The van der Waals surface area contributed by atoms with Crippen LogP contribution >= 0.6 is 0 Å². The predicted octanol–water partition coefficient (Wildman–Crippen LogP) is 3.21. The summed E-state index contributed by atoms with van der Waals surface area (Å²) < 4.78 is 0. The first kappa shape index (κ1) is 11.5. The molecule has 1 amide bonds. The molecule has 0 fully saturated rings. The first-order valence-electron chi connectivity index (χ1n) is 5.03. The van der Waals surface area contributed by atoms with E-state index in [1.165, 1.54) is 5.56 Å². The van der Waals surface area contributed by atoms with Gasteiger partial charge in [-0.3, -0.25) is 4.79 Å². The molecule has 0 aliphatic heterocycles. The Morgan fingerprint density at radius 1 is 1.27 bits per heavy atom. The van der Waals surface area contributed by atoms with E-state index in [-0.39, 0.29) is 5.91 Å². The highest BCUT2D eigenvalue weighted by Gasteiger charge is 2.02. The van der Waals surface area contributed by atoms with Crippen molar-refractivity contribution in [1.82, 2.24) is 0 Å². The van der Waals surface area contributed by atoms with Crippen LogP contribution in [0, 0.1) is 13.8 Å². The van der Waals surface area contributed by atoms with Gasteiger partial charge in [-0.15, -0.1) is 0 Å². The van der Waals surface area contributed by atoms with Gasteiger partial charge in [0, 0.05) is 11.8 Å². The van der Waals surface area contributed by atoms with Gasteiger partial charge in [0.15, 0.2) is 0 Å². The van der Waals surface area contributed by atoms with Gasteiger partial charge in [-0.05, 0) is 44.9 Å². The van der Waals surface area contributed by atoms with Gasteiger partial charge >= 0.3 is 0 Å². The van der Waals surface area contributed by atoms with Crippen LogP contribution in [0.3, 0.4) is 0 Å². The van der Waals surface area contributed by atoms with Crippen molar-refractivity contribution in [3.63, 3.8) is 0 Å². The summed E-state index contributed by atoms with van der Waals surface area (Å²) >= 11 is 0. The molecular weight excluding hydrogens is 186 g/mol. The number of anilines is 1. The number of hydrogen-bond acceptors (Lipinski definition) is 1. The lowest BCUT2D eigenvalue weighted by molar-refractivity contribution is -0.111. The third kappa shape index (κ3) is 3.24. The smallest absolute Gasteiger partial charge is 0.248 e. The molecule has 0 heterocycles. The summed E-state index contributed by atoms with van der Waals surface area (Å²) in [7, 11) is 0. The molecule has 2 nitrogen and oxygen atoms in total. The number of aryl methyl sites for hydroxylation is 1. The lowest BCUT2D eigenvalue weighted by Crippen LogP contribution is -2.09. The molecule has 1 rings (SSSR count). The van der Waals surface area contributed by atoms with Crippen LogP contribution in [0.4, 0.5) is 5.69 Å². The Labute approximate surface area is 91.0 Å². The van der Waals surface area contributed by atoms with Crippen molar-refractivity contribution in [3.05, 3.63) is 41.0 Å². The number of carbonyl (C=O) groups excluding carboxylic acids is 1. The second-order valence-corrected chi connectivity index (χ2v) is 3.96. The van der Waals surface area contributed by atoms with Crippen LogP contribution in [0.1, 0.15) is 25.0 Å². The molecule has 0 aliphatic carbocycles. The molecule has 0 saturated carbocycles. The predicted molar refractivity (Wildman–Crippen MR) is 64.0 cm³/mol. The molecular formula is C13H17NO. The summed E-state index contributed by atoms with van der Waals surface area (Å²) in [4.78, 5) is 11.5. The Bertz CT molecular complexity index is 401. The van der Waals surface area contributed by atoms with E-state index in [0.29, 0.717) is 0 Å². The molecule has 0 bridgehead atoms. The molecule has 0 radical (unpaired) electrons. The number of amides is 1. The van der Waals surface area contributed by atoms with Crippen LogP contribution in [-0.4, -0.2) is 5.91 Å². The minimum atomic E-state index is -0.0660. The monoisotopic (exact) mass is 203 g/mol. The molecule has 1 aromatic carbocycles. The van der Waals surface area contributed by atoms with E-state index < -0.39 is 0 Å². The van der Waals surface area contributed by atoms with Gasteiger partial charge in [-0.2, -0.15) is 0 Å². The Kier molecular flexibility index (Phi) is 3.67. The quantitative estimate of drug-likeness (QED) is 0.735. The molecule has 2 heteroatoms. The van der Waals surface area contributed by atoms with E-state index in [2.05, 4.69) is 5.32 Å². The van der Waals surface area contributed by atoms with E-state index in [0.717, 1.165) is 16.8 Å². The number of allylic oxidation sites excluding steroid dienone is 1. The molecule has 0 aromatic heterocycles. The third-order valence-electron chi connectivity index (χ3n) is 2.28. The van der Waals surface area contributed by atoms with E-state index in [1.54, 1.807) is 6.08 Å². The summed E-state index contributed by atoms with van der Waals surface area (Å²) in [6.07, 6.45) is 1.60. The second-order valence-electron chi connectivity index (χ2n) is 3.96. The van der Waals surface area contributed by atoms with Crippen LogP contribution in [0.25, 0.3) is 0 Å². The van der Waals surface area contributed by atoms with Crippen molar-refractivity contribution in [2.75, 3.05) is 5.32 Å². The molecule has 0 unspecified atom stereocenters. The largest absolute Gasteiger partial charge is 0.322 e. The lowest BCUT2D eigenvalue weighted by atomic mass is 10.1. The molecule has 0 saturated heterocycles. The molecule has 15 heavy (non-hydrogen) atoms. The van der Waals surface area contributed by atoms with Crippen molar-refractivity contribution >= 4 is 11.6 Å². The van der Waals surface area contributed by atoms with Gasteiger partial charge in [0.05, 0.1) is 0 Å². The summed E-state index contributed by atoms with van der Waals surface area (Å²) in [5, 5.41) is 2.87. The van der Waals surface area contributed by atoms with Gasteiger partial charge in [-0.25, -0.2) is 0 Å². The van der Waals surface area contributed by atoms with Gasteiger partial charge in [0.1, 0.15) is 0 Å². The maximum atomic E-state index is 11.5. The molecule has 1 aromatic rings. The second kappa shape index (κ2) is 4.78. The van der Waals surface area contributed by atoms with Crippen molar-refractivity contribution < 1.29 is 4.79 Å². The SMILES string of the molecule is CC(C)=CC(=O)Nc1cccc(C)c1C. The Morgan fingerprint density at radius 2 is 1.93 bits per heavy atom. The van der Waals surface area contributed by atoms with Crippen LogP contribution in [0.2, 0.25) is 0 Å². The van der Waals surface area contributed by atoms with Crippen LogP contribution in [-0.2, 0) is 4.79 Å². The number of nitrogens with one attached hydrogen (secondary N) is 1. The molecule has 0 spiro atoms. The van der Waals surface area contributed by atoms with Gasteiger partial charge < -0.3 is 5.32 Å². The Balaban J connectivity index is 2.86. The molecule has 80 valence electrons. The summed E-state index contributed by atoms with van der Waals surface area (Å²) in [5.41, 5.74) is 4.19. The number of carbonyl (C=O) groups is 1. The summed E-state index contributed by atoms with van der Waals surface area (Å²) in [6, 6.07) is 5.89. The molecule has 0 aliphatic rings. The first-order valence-corrected chi connectivity index (χ1v) is 5.03. The van der Waals surface area contributed by atoms with Crippen LogP contribution < -0.4 is 5.32 Å². The topological polar surface area (TPSA) is 29.1 Å². The normalized spacial score (nSPS) is 9.60. The van der Waals surface area contributed by atoms with Gasteiger partial charge in [0.25, 0.3) is 0 Å². The maximum Gasteiger partial charge on any atom is 0.248 e. The fourth-order valence-electron chi connectivity index (χ4n) is 1.32. The Morgan fingerprint density at radius 3 is 2.53 bits per heavy atom. The van der Waals surface area contributed by atoms with E-state index >= 15 is 0 Å². The van der Waals surface area contributed by atoms with E-state index in [1.807, 2.05) is 45.9 Å². The van der Waals surface area contributed by atoms with Crippen molar-refractivity contribution in [2.45, 2.75) is 27.7 Å². The van der Waals surface area contributed by atoms with Crippen molar-refractivity contribution in [1.29, 1.82) is 0 Å². The summed E-state index contributed by atoms with van der Waals surface area (Å²) in [6.45, 7) is 7.85. The standard InChI is InChI=1S/C13H17NO/c1-9(2)8-13(15)14-12-7-5-6-10(3)11(12)4/h5-8H,1-4H3,(H,14,15). The number of rotatable bonds is 2. The van der Waals surface area contributed by atoms with Crippen LogP contribution in [0.15, 0.2) is 29.8 Å². The average Bonchev–Trinajstić information content (AvgIpc) is 2.11. The molecule has 0 atom stereocenters. The zero-order valence-electron chi connectivity index (χ0n) is 9.72. The molecule has 1 N–H and O–H groups in total. The van der Waals surface area contributed by atoms with E-state index in [9.17, 15) is 4.79 Å². The van der Waals surface area contributed by atoms with Gasteiger partial charge in [0.2, 0.25) is 5.91 Å². The lowest BCUT2D eigenvalue weighted by Gasteiger charge is -2.08. The zero-order valence-corrected chi connectivity index (χ0v) is 9.72. The van der Waals surface area contributed by atoms with Crippen LogP contribution in [0.5, 0.6) is 0 Å². The van der Waals surface area contributed by atoms with Gasteiger partial charge in [-0.1, -0.05) is 17.7 Å². The van der Waals surface area contributed by atoms with Crippen molar-refractivity contribution in [3.8, 4) is 0 Å².